The molecule has 2 aromatic rings. The Morgan fingerprint density at radius 1 is 1.50 bits per heavy atom. The van der Waals surface area contributed by atoms with Crippen LogP contribution in [0.4, 0.5) is 5.69 Å². The Bertz CT molecular complexity index is 525. The van der Waals surface area contributed by atoms with E-state index in [4.69, 9.17) is 0 Å². The molecule has 14 heavy (non-hydrogen) atoms. The minimum Gasteiger partial charge on any atom is -0.258 e. The molecular weight excluding hydrogens is 381 g/mol. The summed E-state index contributed by atoms with van der Waals surface area (Å²) < 4.78 is 2.84. The number of hydrogen-bond acceptors (Lipinski definition) is 3. The van der Waals surface area contributed by atoms with Crippen molar-refractivity contribution >= 4 is 65.6 Å². The van der Waals surface area contributed by atoms with Crippen molar-refractivity contribution in [2.45, 2.75) is 0 Å². The molecule has 1 aromatic carbocycles. The van der Waals surface area contributed by atoms with Gasteiger partial charge in [0.25, 0.3) is 5.69 Å². The highest BCUT2D eigenvalue weighted by Gasteiger charge is 2.13. The largest absolute Gasteiger partial charge is 0.271 e. The van der Waals surface area contributed by atoms with Crippen molar-refractivity contribution in [1.82, 2.24) is 0 Å². The molecule has 0 radical (unpaired) electrons. The van der Waals surface area contributed by atoms with Crippen molar-refractivity contribution in [3.8, 4) is 0 Å². The Kier molecular flexibility index (Phi) is 2.76. The SMILES string of the molecule is O=[N+]([O-])c1cc(I)c2c(Br)csc2c1. The second kappa shape index (κ2) is 3.74. The van der Waals surface area contributed by atoms with Gasteiger partial charge in [-0.2, -0.15) is 0 Å². The van der Waals surface area contributed by atoms with Crippen LogP contribution in [-0.2, 0) is 0 Å². The Morgan fingerprint density at radius 2 is 2.21 bits per heavy atom. The average molecular weight is 384 g/mol. The lowest BCUT2D eigenvalue weighted by Gasteiger charge is -1.96. The van der Waals surface area contributed by atoms with Gasteiger partial charge < -0.3 is 0 Å². The van der Waals surface area contributed by atoms with Crippen molar-refractivity contribution in [2.75, 3.05) is 0 Å². The van der Waals surface area contributed by atoms with Gasteiger partial charge in [0.1, 0.15) is 0 Å². The smallest absolute Gasteiger partial charge is 0.258 e. The van der Waals surface area contributed by atoms with E-state index in [2.05, 4.69) is 38.5 Å². The number of fused-ring (bicyclic) bond motifs is 1. The predicted molar refractivity (Wildman–Crippen MR) is 68.9 cm³/mol. The summed E-state index contributed by atoms with van der Waals surface area (Å²) in [4.78, 5) is 10.2. The predicted octanol–water partition coefficient (Wildman–Crippen LogP) is 4.18. The van der Waals surface area contributed by atoms with Crippen molar-refractivity contribution in [1.29, 1.82) is 0 Å². The number of hydrogen-bond donors (Lipinski definition) is 0. The molecule has 1 heterocycles. The van der Waals surface area contributed by atoms with Gasteiger partial charge in [-0.1, -0.05) is 0 Å². The fraction of sp³-hybridized carbons (Fsp3) is 0. The highest BCUT2D eigenvalue weighted by molar-refractivity contribution is 14.1. The van der Waals surface area contributed by atoms with Gasteiger partial charge in [0.2, 0.25) is 0 Å². The molecule has 0 atom stereocenters. The van der Waals surface area contributed by atoms with Gasteiger partial charge in [0.15, 0.2) is 0 Å². The molecule has 0 fully saturated rings. The first kappa shape index (κ1) is 10.3. The van der Waals surface area contributed by atoms with E-state index in [-0.39, 0.29) is 10.6 Å². The molecule has 0 saturated heterocycles. The van der Waals surface area contributed by atoms with Gasteiger partial charge in [-0.05, 0) is 38.5 Å². The van der Waals surface area contributed by atoms with Gasteiger partial charge in [-0.15, -0.1) is 11.3 Å². The molecule has 6 heteroatoms. The quantitative estimate of drug-likeness (QED) is 0.421. The second-order valence-electron chi connectivity index (χ2n) is 2.64. The van der Waals surface area contributed by atoms with Crippen LogP contribution < -0.4 is 0 Å². The van der Waals surface area contributed by atoms with E-state index in [1.54, 1.807) is 12.1 Å². The van der Waals surface area contributed by atoms with Crippen LogP contribution in [0, 0.1) is 13.7 Å². The number of non-ortho nitro benzene ring substituents is 1. The molecule has 0 aliphatic rings. The lowest BCUT2D eigenvalue weighted by molar-refractivity contribution is -0.384. The zero-order chi connectivity index (χ0) is 10.3. The highest BCUT2D eigenvalue weighted by Crippen LogP contribution is 2.36. The lowest BCUT2D eigenvalue weighted by atomic mass is 10.2. The normalized spacial score (nSPS) is 10.7. The van der Waals surface area contributed by atoms with E-state index in [9.17, 15) is 10.1 Å². The molecule has 0 bridgehead atoms. The lowest BCUT2D eigenvalue weighted by Crippen LogP contribution is -1.88. The minimum atomic E-state index is -0.366. The first-order chi connectivity index (χ1) is 6.59. The van der Waals surface area contributed by atoms with Crippen molar-refractivity contribution < 1.29 is 4.92 Å². The summed E-state index contributed by atoms with van der Waals surface area (Å²) in [5, 5.41) is 13.6. The molecule has 0 aliphatic carbocycles. The Hall–Kier alpha value is -0.210. The van der Waals surface area contributed by atoms with E-state index < -0.39 is 0 Å². The molecule has 3 nitrogen and oxygen atoms in total. The van der Waals surface area contributed by atoms with Crippen molar-refractivity contribution in [3.63, 3.8) is 0 Å². The summed E-state index contributed by atoms with van der Waals surface area (Å²) in [6.45, 7) is 0. The van der Waals surface area contributed by atoms with Crippen LogP contribution in [0.2, 0.25) is 0 Å². The molecule has 0 amide bonds. The average Bonchev–Trinajstić information content (AvgIpc) is 2.48. The fourth-order valence-corrected chi connectivity index (χ4v) is 4.34. The maximum absolute atomic E-state index is 10.6. The first-order valence-corrected chi connectivity index (χ1v) is 6.35. The molecule has 2 rings (SSSR count). The number of halogens is 2. The standard InChI is InChI=1S/C8H3BrINO2S/c9-5-3-14-7-2-4(11(12)13)1-6(10)8(5)7/h1-3H. The maximum Gasteiger partial charge on any atom is 0.271 e. The van der Waals surface area contributed by atoms with Crippen LogP contribution in [0.1, 0.15) is 0 Å². The maximum atomic E-state index is 10.6. The molecule has 72 valence electrons. The molecule has 0 saturated carbocycles. The molecule has 0 spiro atoms. The summed E-state index contributed by atoms with van der Waals surface area (Å²) in [5.74, 6) is 0. The van der Waals surface area contributed by atoms with Crippen LogP contribution in [0.15, 0.2) is 22.0 Å². The summed E-state index contributed by atoms with van der Waals surface area (Å²) in [6, 6.07) is 3.19. The van der Waals surface area contributed by atoms with E-state index in [1.807, 2.05) is 5.38 Å². The van der Waals surface area contributed by atoms with Gasteiger partial charge in [-0.3, -0.25) is 10.1 Å². The fourth-order valence-electron chi connectivity index (χ4n) is 1.17. The first-order valence-electron chi connectivity index (χ1n) is 3.60. The number of benzene rings is 1. The van der Waals surface area contributed by atoms with E-state index >= 15 is 0 Å². The second-order valence-corrected chi connectivity index (χ2v) is 5.57. The molecule has 0 unspecified atom stereocenters. The number of nitrogens with zero attached hydrogens (tertiary/aromatic N) is 1. The van der Waals surface area contributed by atoms with E-state index in [1.165, 1.54) is 11.3 Å². The Labute approximate surface area is 106 Å². The summed E-state index contributed by atoms with van der Waals surface area (Å²) in [6.07, 6.45) is 0. The zero-order valence-electron chi connectivity index (χ0n) is 6.66. The number of rotatable bonds is 1. The Balaban J connectivity index is 2.80. The van der Waals surface area contributed by atoms with Gasteiger partial charge in [-0.25, -0.2) is 0 Å². The topological polar surface area (TPSA) is 43.1 Å². The third-order valence-electron chi connectivity index (χ3n) is 1.78. The summed E-state index contributed by atoms with van der Waals surface area (Å²) >= 11 is 7.03. The molecule has 1 aromatic heterocycles. The van der Waals surface area contributed by atoms with Crippen molar-refractivity contribution in [2.24, 2.45) is 0 Å². The third-order valence-corrected chi connectivity index (χ3v) is 4.49. The zero-order valence-corrected chi connectivity index (χ0v) is 11.2. The van der Waals surface area contributed by atoms with E-state index in [0.29, 0.717) is 0 Å². The number of thiophene rings is 1. The Morgan fingerprint density at radius 3 is 2.86 bits per heavy atom. The molecular formula is C8H3BrINO2S. The monoisotopic (exact) mass is 383 g/mol. The number of nitro groups is 1. The van der Waals surface area contributed by atoms with Crippen LogP contribution in [0.25, 0.3) is 10.1 Å². The molecule has 0 N–H and O–H groups in total. The molecule has 0 aliphatic heterocycles. The minimum absolute atomic E-state index is 0.149. The summed E-state index contributed by atoms with van der Waals surface area (Å²) in [5.41, 5.74) is 0.149. The summed E-state index contributed by atoms with van der Waals surface area (Å²) in [7, 11) is 0. The van der Waals surface area contributed by atoms with Gasteiger partial charge in [0.05, 0.1) is 4.92 Å². The van der Waals surface area contributed by atoms with Crippen molar-refractivity contribution in [3.05, 3.63) is 35.7 Å². The van der Waals surface area contributed by atoms with Gasteiger partial charge in [0, 0.05) is 35.6 Å². The van der Waals surface area contributed by atoms with Crippen LogP contribution in [0.5, 0.6) is 0 Å². The number of nitro benzene ring substituents is 1. The van der Waals surface area contributed by atoms with Crippen LogP contribution >= 0.6 is 49.9 Å². The third kappa shape index (κ3) is 1.66. The van der Waals surface area contributed by atoms with Crippen LogP contribution in [-0.4, -0.2) is 4.92 Å². The van der Waals surface area contributed by atoms with E-state index in [0.717, 1.165) is 18.1 Å². The van der Waals surface area contributed by atoms with Crippen LogP contribution in [0.3, 0.4) is 0 Å². The van der Waals surface area contributed by atoms with Gasteiger partial charge >= 0.3 is 0 Å². The highest BCUT2D eigenvalue weighted by atomic mass is 127.